The highest BCUT2D eigenvalue weighted by Gasteiger charge is 2.23. The van der Waals surface area contributed by atoms with E-state index in [1.807, 2.05) is 0 Å². The number of hydrogen-bond donors (Lipinski definition) is 1. The summed E-state index contributed by atoms with van der Waals surface area (Å²) in [5, 5.41) is 0. The van der Waals surface area contributed by atoms with Crippen LogP contribution in [-0.2, 0) is 29.1 Å². The van der Waals surface area contributed by atoms with Gasteiger partial charge in [-0.1, -0.05) is 18.2 Å². The number of carbonyl (C=O) groups excluding carboxylic acids is 3. The van der Waals surface area contributed by atoms with Crippen molar-refractivity contribution in [2.45, 2.75) is 4.90 Å². The predicted octanol–water partition coefficient (Wildman–Crippen LogP) is 1.28. The molecule has 154 valence electrons. The van der Waals surface area contributed by atoms with Crippen molar-refractivity contribution in [1.29, 1.82) is 0 Å². The van der Waals surface area contributed by atoms with E-state index in [2.05, 4.69) is 14.2 Å². The summed E-state index contributed by atoms with van der Waals surface area (Å²) < 4.78 is 36.4. The Kier molecular flexibility index (Phi) is 7.32. The van der Waals surface area contributed by atoms with Crippen LogP contribution in [0.25, 0.3) is 0 Å². The van der Waals surface area contributed by atoms with Gasteiger partial charge in [0, 0.05) is 11.3 Å². The Morgan fingerprint density at radius 2 is 1.38 bits per heavy atom. The summed E-state index contributed by atoms with van der Waals surface area (Å²) in [4.78, 5) is 36.6. The van der Waals surface area contributed by atoms with E-state index in [-0.39, 0.29) is 10.5 Å². The molecular formula is C19H20N2O7S. The fourth-order valence-electron chi connectivity index (χ4n) is 2.32. The van der Waals surface area contributed by atoms with Gasteiger partial charge in [0.05, 0.1) is 19.1 Å². The van der Waals surface area contributed by atoms with Gasteiger partial charge in [-0.25, -0.2) is 8.42 Å². The molecule has 2 aromatic rings. The topological polar surface area (TPSA) is 119 Å². The van der Waals surface area contributed by atoms with Crippen molar-refractivity contribution in [1.82, 2.24) is 4.90 Å². The van der Waals surface area contributed by atoms with E-state index in [1.54, 1.807) is 30.3 Å². The first-order valence-corrected chi connectivity index (χ1v) is 9.86. The number of para-hydroxylation sites is 1. The maximum atomic E-state index is 12.6. The van der Waals surface area contributed by atoms with Gasteiger partial charge in [-0.15, -0.1) is 0 Å². The number of esters is 2. The van der Waals surface area contributed by atoms with E-state index in [4.69, 9.17) is 0 Å². The Balaban J connectivity index is 2.20. The summed E-state index contributed by atoms with van der Waals surface area (Å²) in [5.41, 5.74) is 0.492. The zero-order valence-corrected chi connectivity index (χ0v) is 16.6. The van der Waals surface area contributed by atoms with Crippen LogP contribution in [0.4, 0.5) is 5.69 Å². The molecule has 0 aromatic heterocycles. The zero-order valence-electron chi connectivity index (χ0n) is 15.8. The number of methoxy groups -OCH3 is 2. The van der Waals surface area contributed by atoms with Crippen LogP contribution in [0.15, 0.2) is 59.5 Å². The van der Waals surface area contributed by atoms with Crippen molar-refractivity contribution in [3.05, 3.63) is 60.2 Å². The van der Waals surface area contributed by atoms with Crippen LogP contribution in [0, 0.1) is 0 Å². The maximum absolute atomic E-state index is 12.6. The monoisotopic (exact) mass is 420 g/mol. The first-order chi connectivity index (χ1) is 13.8. The van der Waals surface area contributed by atoms with Gasteiger partial charge >= 0.3 is 11.9 Å². The van der Waals surface area contributed by atoms with E-state index < -0.39 is 41.0 Å². The molecule has 0 saturated heterocycles. The Bertz CT molecular complexity index is 955. The van der Waals surface area contributed by atoms with Gasteiger partial charge in [0.25, 0.3) is 15.9 Å². The van der Waals surface area contributed by atoms with Crippen molar-refractivity contribution in [3.8, 4) is 0 Å². The van der Waals surface area contributed by atoms with Gasteiger partial charge < -0.3 is 14.4 Å². The number of sulfonamides is 1. The number of ether oxygens (including phenoxy) is 2. The summed E-state index contributed by atoms with van der Waals surface area (Å²) in [6.45, 7) is -0.917. The summed E-state index contributed by atoms with van der Waals surface area (Å²) in [6.07, 6.45) is 0. The lowest BCUT2D eigenvalue weighted by Gasteiger charge is -2.20. The second-order valence-electron chi connectivity index (χ2n) is 5.81. The smallest absolute Gasteiger partial charge is 0.325 e. The van der Waals surface area contributed by atoms with Crippen LogP contribution in [0.2, 0.25) is 0 Å². The second kappa shape index (κ2) is 9.69. The molecule has 0 atom stereocenters. The molecule has 0 heterocycles. The Labute approximate surface area is 168 Å². The summed E-state index contributed by atoms with van der Waals surface area (Å²) >= 11 is 0. The number of nitrogens with one attached hydrogen (secondary N) is 1. The number of amides is 1. The first kappa shape index (κ1) is 21.9. The summed E-state index contributed by atoms with van der Waals surface area (Å²) in [5.74, 6) is -2.08. The normalized spacial score (nSPS) is 10.7. The Hall–Kier alpha value is -3.40. The van der Waals surface area contributed by atoms with Gasteiger partial charge in [0.1, 0.15) is 13.1 Å². The number of carbonyl (C=O) groups is 3. The average Bonchev–Trinajstić information content (AvgIpc) is 2.73. The minimum absolute atomic E-state index is 0.0506. The van der Waals surface area contributed by atoms with E-state index in [0.717, 1.165) is 19.1 Å². The number of anilines is 1. The van der Waals surface area contributed by atoms with Crippen molar-refractivity contribution in [2.24, 2.45) is 0 Å². The number of benzene rings is 2. The minimum atomic E-state index is -3.85. The molecule has 0 fully saturated rings. The highest BCUT2D eigenvalue weighted by Crippen LogP contribution is 2.17. The lowest BCUT2D eigenvalue weighted by molar-refractivity contribution is -0.144. The van der Waals surface area contributed by atoms with Crippen molar-refractivity contribution in [3.63, 3.8) is 0 Å². The van der Waals surface area contributed by atoms with Gasteiger partial charge in [0.15, 0.2) is 0 Å². The van der Waals surface area contributed by atoms with Crippen molar-refractivity contribution < 1.29 is 32.3 Å². The molecule has 0 unspecified atom stereocenters. The SMILES string of the molecule is COC(=O)CN(CC(=O)OC)C(=O)c1ccc(S(=O)(=O)Nc2ccccc2)cc1. The van der Waals surface area contributed by atoms with Crippen LogP contribution in [0.1, 0.15) is 10.4 Å². The van der Waals surface area contributed by atoms with E-state index in [0.29, 0.717) is 5.69 Å². The van der Waals surface area contributed by atoms with Gasteiger partial charge in [-0.3, -0.25) is 19.1 Å². The molecular weight excluding hydrogens is 400 g/mol. The van der Waals surface area contributed by atoms with E-state index in [9.17, 15) is 22.8 Å². The third kappa shape index (κ3) is 6.04. The fourth-order valence-corrected chi connectivity index (χ4v) is 3.38. The van der Waals surface area contributed by atoms with Crippen molar-refractivity contribution in [2.75, 3.05) is 32.0 Å². The van der Waals surface area contributed by atoms with Gasteiger partial charge in [-0.05, 0) is 36.4 Å². The third-order valence-electron chi connectivity index (χ3n) is 3.82. The summed E-state index contributed by atoms with van der Waals surface area (Å²) in [6, 6.07) is 13.5. The minimum Gasteiger partial charge on any atom is -0.468 e. The van der Waals surface area contributed by atoms with Crippen LogP contribution in [-0.4, -0.2) is 58.5 Å². The van der Waals surface area contributed by atoms with E-state index >= 15 is 0 Å². The lowest BCUT2D eigenvalue weighted by Crippen LogP contribution is -2.40. The fraction of sp³-hybridized carbons (Fsp3) is 0.211. The molecule has 10 heteroatoms. The molecule has 29 heavy (non-hydrogen) atoms. The van der Waals surface area contributed by atoms with Crippen LogP contribution < -0.4 is 4.72 Å². The Morgan fingerprint density at radius 3 is 1.86 bits per heavy atom. The van der Waals surface area contributed by atoms with Crippen LogP contribution in [0.3, 0.4) is 0 Å². The molecule has 2 rings (SSSR count). The largest absolute Gasteiger partial charge is 0.468 e. The molecule has 0 radical (unpaired) electrons. The summed E-state index contributed by atoms with van der Waals surface area (Å²) in [7, 11) is -1.53. The molecule has 0 aliphatic rings. The van der Waals surface area contributed by atoms with Crippen LogP contribution in [0.5, 0.6) is 0 Å². The van der Waals surface area contributed by atoms with Gasteiger partial charge in [-0.2, -0.15) is 0 Å². The predicted molar refractivity (Wildman–Crippen MR) is 104 cm³/mol. The molecule has 0 saturated carbocycles. The molecule has 0 aliphatic carbocycles. The van der Waals surface area contributed by atoms with Crippen molar-refractivity contribution >= 4 is 33.6 Å². The van der Waals surface area contributed by atoms with E-state index in [1.165, 1.54) is 24.3 Å². The van der Waals surface area contributed by atoms with Gasteiger partial charge in [0.2, 0.25) is 0 Å². The molecule has 9 nitrogen and oxygen atoms in total. The zero-order chi connectivity index (χ0) is 21.4. The first-order valence-electron chi connectivity index (χ1n) is 8.37. The highest BCUT2D eigenvalue weighted by molar-refractivity contribution is 7.92. The average molecular weight is 420 g/mol. The molecule has 1 amide bonds. The lowest BCUT2D eigenvalue weighted by atomic mass is 10.2. The molecule has 0 aliphatic heterocycles. The van der Waals surface area contributed by atoms with Crippen LogP contribution >= 0.6 is 0 Å². The number of rotatable bonds is 8. The molecule has 0 spiro atoms. The molecule has 1 N–H and O–H groups in total. The molecule has 0 bridgehead atoms. The molecule has 2 aromatic carbocycles. The Morgan fingerprint density at radius 1 is 0.862 bits per heavy atom. The quantitative estimate of drug-likeness (QED) is 0.639. The maximum Gasteiger partial charge on any atom is 0.325 e. The third-order valence-corrected chi connectivity index (χ3v) is 5.22. The standard InChI is InChI=1S/C19H20N2O7S/c1-27-17(22)12-21(13-18(23)28-2)19(24)14-8-10-16(11-9-14)29(25,26)20-15-6-4-3-5-7-15/h3-11,20H,12-13H2,1-2H3. The second-order valence-corrected chi connectivity index (χ2v) is 7.49. The number of hydrogen-bond acceptors (Lipinski definition) is 7. The highest BCUT2D eigenvalue weighted by atomic mass is 32.2. The number of nitrogens with zero attached hydrogens (tertiary/aromatic N) is 1.